The summed E-state index contributed by atoms with van der Waals surface area (Å²) in [5, 5.41) is 25.5. The van der Waals surface area contributed by atoms with Crippen LogP contribution in [0.25, 0.3) is 0 Å². The molecule has 0 spiro atoms. The first kappa shape index (κ1) is 16.0. The van der Waals surface area contributed by atoms with E-state index in [9.17, 15) is 9.59 Å². The van der Waals surface area contributed by atoms with Gasteiger partial charge in [-0.15, -0.1) is 0 Å². The molecule has 1 heterocycles. The largest absolute Gasteiger partial charge is 0.395 e. The number of rotatable bonds is 6. The molecule has 17 heavy (non-hydrogen) atoms. The lowest BCUT2D eigenvalue weighted by molar-refractivity contribution is -0.151. The second-order valence-corrected chi connectivity index (χ2v) is 3.36. The maximum Gasteiger partial charge on any atom is 0.314 e. The number of esters is 2. The van der Waals surface area contributed by atoms with E-state index in [1.807, 2.05) is 0 Å². The van der Waals surface area contributed by atoms with Crippen LogP contribution in [0.5, 0.6) is 0 Å². The van der Waals surface area contributed by atoms with Crippen molar-refractivity contribution in [3.8, 4) is 0 Å². The molecule has 0 atom stereocenters. The molecule has 0 bridgehead atoms. The fourth-order valence-corrected chi connectivity index (χ4v) is 1.19. The van der Waals surface area contributed by atoms with Crippen molar-refractivity contribution in [2.75, 3.05) is 39.5 Å². The van der Waals surface area contributed by atoms with Crippen LogP contribution >= 0.6 is 0 Å². The minimum absolute atomic E-state index is 0.0694. The van der Waals surface area contributed by atoms with Gasteiger partial charge < -0.3 is 20.1 Å². The van der Waals surface area contributed by atoms with Crippen LogP contribution < -0.4 is 0 Å². The summed E-state index contributed by atoms with van der Waals surface area (Å²) in [6.07, 6.45) is 0.525. The number of nitrogens with zero attached hydrogens (tertiary/aromatic N) is 1. The van der Waals surface area contributed by atoms with Crippen molar-refractivity contribution in [3.05, 3.63) is 0 Å². The topological polar surface area (TPSA) is 107 Å². The van der Waals surface area contributed by atoms with Crippen LogP contribution in [0, 0.1) is 0 Å². The summed E-state index contributed by atoms with van der Waals surface area (Å²) in [6.45, 7) is 1.75. The summed E-state index contributed by atoms with van der Waals surface area (Å²) in [5.74, 6) is -0.796. The standard InChI is InChI=1S/C6H15NO3.C4H4O3/c8-4-1-7(2-5-9)3-6-10;5-3-1-2-4(6)7-3/h8-10H,1-6H2;1-2H2. The Labute approximate surface area is 99.6 Å². The Balaban J connectivity index is 0.000000318. The maximum absolute atomic E-state index is 10.0. The summed E-state index contributed by atoms with van der Waals surface area (Å²) >= 11 is 0. The number of aliphatic hydroxyl groups excluding tert-OH is 3. The second-order valence-electron chi connectivity index (χ2n) is 3.36. The molecule has 0 unspecified atom stereocenters. The number of aliphatic hydroxyl groups is 3. The van der Waals surface area contributed by atoms with Crippen molar-refractivity contribution >= 4 is 11.9 Å². The van der Waals surface area contributed by atoms with Gasteiger partial charge in [-0.3, -0.25) is 14.5 Å². The third kappa shape index (κ3) is 8.75. The molecule has 0 amide bonds. The van der Waals surface area contributed by atoms with Crippen LogP contribution in [0.3, 0.4) is 0 Å². The number of cyclic esters (lactones) is 2. The van der Waals surface area contributed by atoms with Crippen molar-refractivity contribution in [2.45, 2.75) is 12.8 Å². The lowest BCUT2D eigenvalue weighted by Crippen LogP contribution is -2.32. The van der Waals surface area contributed by atoms with Gasteiger partial charge >= 0.3 is 11.9 Å². The van der Waals surface area contributed by atoms with Crippen molar-refractivity contribution in [1.82, 2.24) is 4.90 Å². The molecule has 0 saturated carbocycles. The Kier molecular flexibility index (Phi) is 9.55. The van der Waals surface area contributed by atoms with Crippen molar-refractivity contribution in [1.29, 1.82) is 0 Å². The fourth-order valence-electron chi connectivity index (χ4n) is 1.19. The molecule has 0 aromatic rings. The highest BCUT2D eigenvalue weighted by Crippen LogP contribution is 2.03. The molecule has 0 radical (unpaired) electrons. The summed E-state index contributed by atoms with van der Waals surface area (Å²) < 4.78 is 4.08. The lowest BCUT2D eigenvalue weighted by Gasteiger charge is -2.17. The van der Waals surface area contributed by atoms with Crippen molar-refractivity contribution in [2.24, 2.45) is 0 Å². The molecule has 0 aromatic carbocycles. The molecule has 100 valence electrons. The predicted octanol–water partition coefficient (Wildman–Crippen LogP) is -1.88. The number of hydrogen-bond donors (Lipinski definition) is 3. The van der Waals surface area contributed by atoms with Crippen molar-refractivity contribution < 1.29 is 29.6 Å². The van der Waals surface area contributed by atoms with E-state index in [-0.39, 0.29) is 32.7 Å². The zero-order valence-electron chi connectivity index (χ0n) is 9.67. The van der Waals surface area contributed by atoms with E-state index in [0.29, 0.717) is 19.6 Å². The Morgan fingerprint density at radius 1 is 0.882 bits per heavy atom. The summed E-state index contributed by atoms with van der Waals surface area (Å²) in [7, 11) is 0. The normalized spacial score (nSPS) is 14.6. The molecule has 1 fully saturated rings. The average Bonchev–Trinajstić information content (AvgIpc) is 2.65. The van der Waals surface area contributed by atoms with Gasteiger partial charge in [0.25, 0.3) is 0 Å². The van der Waals surface area contributed by atoms with E-state index in [4.69, 9.17) is 15.3 Å². The zero-order chi connectivity index (χ0) is 13.1. The van der Waals surface area contributed by atoms with E-state index in [0.717, 1.165) is 0 Å². The SMILES string of the molecule is O=C1CCC(=O)O1.OCCN(CCO)CCO. The van der Waals surface area contributed by atoms with E-state index < -0.39 is 11.9 Å². The van der Waals surface area contributed by atoms with E-state index in [2.05, 4.69) is 4.74 Å². The number of hydrogen-bond acceptors (Lipinski definition) is 7. The molecule has 1 saturated heterocycles. The van der Waals surface area contributed by atoms with Crippen LogP contribution in [0.1, 0.15) is 12.8 Å². The van der Waals surface area contributed by atoms with Gasteiger partial charge in [-0.1, -0.05) is 0 Å². The quantitative estimate of drug-likeness (QED) is 0.373. The van der Waals surface area contributed by atoms with E-state index >= 15 is 0 Å². The number of ether oxygens (including phenoxy) is 1. The second kappa shape index (κ2) is 10.2. The Hall–Kier alpha value is -1.02. The number of carbonyl (C=O) groups is 2. The lowest BCUT2D eigenvalue weighted by atomic mass is 10.4. The van der Waals surface area contributed by atoms with Crippen LogP contribution in [0.2, 0.25) is 0 Å². The summed E-state index contributed by atoms with van der Waals surface area (Å²) in [4.78, 5) is 21.8. The van der Waals surface area contributed by atoms with Gasteiger partial charge in [0.1, 0.15) is 0 Å². The first-order chi connectivity index (χ1) is 8.13. The van der Waals surface area contributed by atoms with Crippen molar-refractivity contribution in [3.63, 3.8) is 0 Å². The number of carbonyl (C=O) groups excluding carboxylic acids is 2. The van der Waals surface area contributed by atoms with E-state index in [1.165, 1.54) is 0 Å². The first-order valence-corrected chi connectivity index (χ1v) is 5.42. The molecular weight excluding hydrogens is 230 g/mol. The van der Waals surface area contributed by atoms with Crippen LogP contribution in [-0.2, 0) is 14.3 Å². The highest BCUT2D eigenvalue weighted by Gasteiger charge is 2.19. The van der Waals surface area contributed by atoms with Gasteiger partial charge in [0, 0.05) is 19.6 Å². The van der Waals surface area contributed by atoms with Crippen LogP contribution in [0.15, 0.2) is 0 Å². The third-order valence-corrected chi connectivity index (χ3v) is 2.01. The van der Waals surface area contributed by atoms with Gasteiger partial charge in [0.2, 0.25) is 0 Å². The minimum atomic E-state index is -0.398. The highest BCUT2D eigenvalue weighted by molar-refractivity contribution is 5.92. The summed E-state index contributed by atoms with van der Waals surface area (Å²) in [5.41, 5.74) is 0. The molecule has 1 aliphatic heterocycles. The minimum Gasteiger partial charge on any atom is -0.395 e. The maximum atomic E-state index is 10.0. The smallest absolute Gasteiger partial charge is 0.314 e. The van der Waals surface area contributed by atoms with Gasteiger partial charge in [0.05, 0.1) is 32.7 Å². The molecule has 7 nitrogen and oxygen atoms in total. The summed E-state index contributed by atoms with van der Waals surface area (Å²) in [6, 6.07) is 0. The average molecular weight is 249 g/mol. The monoisotopic (exact) mass is 249 g/mol. The molecule has 1 aliphatic rings. The molecule has 3 N–H and O–H groups in total. The zero-order valence-corrected chi connectivity index (χ0v) is 9.67. The van der Waals surface area contributed by atoms with Crippen LogP contribution in [-0.4, -0.2) is 71.6 Å². The highest BCUT2D eigenvalue weighted by atomic mass is 16.6. The molecule has 1 rings (SSSR count). The Bertz CT molecular complexity index is 205. The Morgan fingerprint density at radius 2 is 1.24 bits per heavy atom. The van der Waals surface area contributed by atoms with Gasteiger partial charge in [-0.25, -0.2) is 0 Å². The van der Waals surface area contributed by atoms with Crippen LogP contribution in [0.4, 0.5) is 0 Å². The third-order valence-electron chi connectivity index (χ3n) is 2.01. The molecular formula is C10H19NO6. The molecule has 0 aromatic heterocycles. The fraction of sp³-hybridized carbons (Fsp3) is 0.800. The van der Waals surface area contributed by atoms with E-state index in [1.54, 1.807) is 4.90 Å². The predicted molar refractivity (Wildman–Crippen MR) is 58.0 cm³/mol. The molecule has 0 aliphatic carbocycles. The first-order valence-electron chi connectivity index (χ1n) is 5.42. The van der Waals surface area contributed by atoms with Gasteiger partial charge in [0.15, 0.2) is 0 Å². The Morgan fingerprint density at radius 3 is 1.41 bits per heavy atom. The van der Waals surface area contributed by atoms with Gasteiger partial charge in [-0.05, 0) is 0 Å². The molecule has 7 heteroatoms. The van der Waals surface area contributed by atoms with Gasteiger partial charge in [-0.2, -0.15) is 0 Å².